The van der Waals surface area contributed by atoms with Crippen molar-refractivity contribution in [3.05, 3.63) is 34.6 Å². The van der Waals surface area contributed by atoms with Gasteiger partial charge in [0.15, 0.2) is 5.03 Å². The van der Waals surface area contributed by atoms with Crippen molar-refractivity contribution in [2.24, 2.45) is 0 Å². The number of thioether (sulfide) groups is 1. The topological polar surface area (TPSA) is 75.3 Å². The predicted octanol–water partition coefficient (Wildman–Crippen LogP) is 0.874. The third kappa shape index (κ3) is 3.25. The zero-order valence-corrected chi connectivity index (χ0v) is 12.2. The van der Waals surface area contributed by atoms with E-state index in [4.69, 9.17) is 4.74 Å². The Morgan fingerprint density at radius 1 is 1.33 bits per heavy atom. The molecule has 0 atom stereocenters. The Hall–Kier alpha value is -1.86. The number of H-pyrrole nitrogens is 1. The van der Waals surface area contributed by atoms with Crippen LogP contribution in [0.5, 0.6) is 0 Å². The third-order valence-corrected chi connectivity index (χ3v) is 4.21. The summed E-state index contributed by atoms with van der Waals surface area (Å²) in [6, 6.07) is 7.34. The lowest BCUT2D eigenvalue weighted by Gasteiger charge is -2.26. The second-order valence-corrected chi connectivity index (χ2v) is 5.63. The van der Waals surface area contributed by atoms with E-state index in [-0.39, 0.29) is 17.2 Å². The van der Waals surface area contributed by atoms with Crippen LogP contribution in [0, 0.1) is 0 Å². The van der Waals surface area contributed by atoms with Gasteiger partial charge in [-0.2, -0.15) is 0 Å². The molecule has 0 saturated carbocycles. The van der Waals surface area contributed by atoms with E-state index in [2.05, 4.69) is 9.97 Å². The maximum Gasteiger partial charge on any atom is 0.280 e. The van der Waals surface area contributed by atoms with Gasteiger partial charge < -0.3 is 14.6 Å². The molecule has 0 bridgehead atoms. The number of benzene rings is 1. The summed E-state index contributed by atoms with van der Waals surface area (Å²) in [5.41, 5.74) is 1.17. The SMILES string of the molecule is O=C(CSc1nc2ccccc2[nH]c1=O)N1CCOCC1. The Balaban J connectivity index is 1.71. The van der Waals surface area contributed by atoms with Gasteiger partial charge in [-0.1, -0.05) is 23.9 Å². The van der Waals surface area contributed by atoms with Gasteiger partial charge in [0.2, 0.25) is 5.91 Å². The maximum absolute atomic E-state index is 12.1. The van der Waals surface area contributed by atoms with Crippen LogP contribution in [-0.4, -0.2) is 52.8 Å². The number of aromatic amines is 1. The highest BCUT2D eigenvalue weighted by Gasteiger charge is 2.17. The molecule has 1 amide bonds. The highest BCUT2D eigenvalue weighted by molar-refractivity contribution is 7.99. The van der Waals surface area contributed by atoms with Crippen molar-refractivity contribution in [2.75, 3.05) is 32.1 Å². The molecule has 0 radical (unpaired) electrons. The van der Waals surface area contributed by atoms with E-state index in [0.29, 0.717) is 36.8 Å². The second kappa shape index (κ2) is 6.28. The van der Waals surface area contributed by atoms with E-state index in [1.54, 1.807) is 11.0 Å². The van der Waals surface area contributed by atoms with Crippen LogP contribution in [0.1, 0.15) is 0 Å². The molecular formula is C14H15N3O3S. The van der Waals surface area contributed by atoms with Crippen molar-refractivity contribution in [1.29, 1.82) is 0 Å². The fraction of sp³-hybridized carbons (Fsp3) is 0.357. The highest BCUT2D eigenvalue weighted by atomic mass is 32.2. The van der Waals surface area contributed by atoms with Crippen molar-refractivity contribution >= 4 is 28.7 Å². The fourth-order valence-corrected chi connectivity index (χ4v) is 2.93. The quantitative estimate of drug-likeness (QED) is 0.852. The molecule has 1 saturated heterocycles. The number of hydrogen-bond donors (Lipinski definition) is 1. The molecule has 110 valence electrons. The van der Waals surface area contributed by atoms with E-state index >= 15 is 0 Å². The molecule has 1 fully saturated rings. The van der Waals surface area contributed by atoms with E-state index in [0.717, 1.165) is 5.52 Å². The number of nitrogens with one attached hydrogen (secondary N) is 1. The standard InChI is InChI=1S/C14H15N3O3S/c18-12(17-5-7-20-8-6-17)9-21-14-13(19)15-10-3-1-2-4-11(10)16-14/h1-4H,5-9H2,(H,15,19). The number of aromatic nitrogens is 2. The van der Waals surface area contributed by atoms with Crippen molar-refractivity contribution in [2.45, 2.75) is 5.03 Å². The molecule has 2 heterocycles. The van der Waals surface area contributed by atoms with Gasteiger partial charge in [0.1, 0.15) is 0 Å². The van der Waals surface area contributed by atoms with E-state index in [1.807, 2.05) is 18.2 Å². The molecule has 0 aliphatic carbocycles. The van der Waals surface area contributed by atoms with Gasteiger partial charge in [-0.05, 0) is 12.1 Å². The molecular weight excluding hydrogens is 290 g/mol. The molecule has 0 unspecified atom stereocenters. The fourth-order valence-electron chi connectivity index (χ4n) is 2.14. The molecule has 1 aromatic carbocycles. The van der Waals surface area contributed by atoms with Crippen LogP contribution >= 0.6 is 11.8 Å². The van der Waals surface area contributed by atoms with Gasteiger partial charge in [-0.3, -0.25) is 9.59 Å². The lowest BCUT2D eigenvalue weighted by molar-refractivity contribution is -0.132. The first-order valence-corrected chi connectivity index (χ1v) is 7.70. The average molecular weight is 305 g/mol. The zero-order chi connectivity index (χ0) is 14.7. The molecule has 7 heteroatoms. The van der Waals surface area contributed by atoms with Crippen LogP contribution in [0.3, 0.4) is 0 Å². The molecule has 21 heavy (non-hydrogen) atoms. The lowest BCUT2D eigenvalue weighted by atomic mass is 10.3. The monoisotopic (exact) mass is 305 g/mol. The molecule has 1 N–H and O–H groups in total. The van der Waals surface area contributed by atoms with E-state index in [1.165, 1.54) is 11.8 Å². The smallest absolute Gasteiger partial charge is 0.280 e. The Morgan fingerprint density at radius 2 is 2.10 bits per heavy atom. The number of rotatable bonds is 3. The summed E-state index contributed by atoms with van der Waals surface area (Å²) in [7, 11) is 0. The van der Waals surface area contributed by atoms with Gasteiger partial charge in [0.05, 0.1) is 30.0 Å². The number of ether oxygens (including phenoxy) is 1. The number of hydrogen-bond acceptors (Lipinski definition) is 5. The third-order valence-electron chi connectivity index (χ3n) is 3.26. The van der Waals surface area contributed by atoms with Crippen LogP contribution in [0.15, 0.2) is 34.1 Å². The number of amides is 1. The maximum atomic E-state index is 12.1. The van der Waals surface area contributed by atoms with Crippen LogP contribution < -0.4 is 5.56 Å². The Morgan fingerprint density at radius 3 is 2.90 bits per heavy atom. The molecule has 1 aromatic heterocycles. The number of fused-ring (bicyclic) bond motifs is 1. The summed E-state index contributed by atoms with van der Waals surface area (Å²) >= 11 is 1.18. The lowest BCUT2D eigenvalue weighted by Crippen LogP contribution is -2.41. The molecule has 1 aliphatic rings. The Kier molecular flexibility index (Phi) is 4.21. The molecule has 6 nitrogen and oxygen atoms in total. The number of nitrogens with zero attached hydrogens (tertiary/aromatic N) is 2. The second-order valence-electron chi connectivity index (χ2n) is 4.67. The number of carbonyl (C=O) groups excluding carboxylic acids is 1. The first-order valence-electron chi connectivity index (χ1n) is 6.71. The highest BCUT2D eigenvalue weighted by Crippen LogP contribution is 2.15. The normalized spacial score (nSPS) is 15.3. The van der Waals surface area contributed by atoms with Crippen LogP contribution in [0.4, 0.5) is 0 Å². The van der Waals surface area contributed by atoms with Gasteiger partial charge in [0, 0.05) is 13.1 Å². The first-order chi connectivity index (χ1) is 10.2. The van der Waals surface area contributed by atoms with Gasteiger partial charge >= 0.3 is 0 Å². The molecule has 1 aliphatic heterocycles. The van der Waals surface area contributed by atoms with E-state index < -0.39 is 0 Å². The van der Waals surface area contributed by atoms with Crippen LogP contribution in [0.25, 0.3) is 11.0 Å². The summed E-state index contributed by atoms with van der Waals surface area (Å²) in [5, 5.41) is 0.329. The van der Waals surface area contributed by atoms with E-state index in [9.17, 15) is 9.59 Å². The zero-order valence-electron chi connectivity index (χ0n) is 11.4. The minimum Gasteiger partial charge on any atom is -0.378 e. The predicted molar refractivity (Wildman–Crippen MR) is 80.5 cm³/mol. The Labute approximate surface area is 125 Å². The summed E-state index contributed by atoms with van der Waals surface area (Å²) < 4.78 is 5.21. The van der Waals surface area contributed by atoms with Gasteiger partial charge in [0.25, 0.3) is 5.56 Å². The number of para-hydroxylation sites is 2. The minimum atomic E-state index is -0.256. The van der Waals surface area contributed by atoms with Crippen molar-refractivity contribution in [3.8, 4) is 0 Å². The molecule has 3 rings (SSSR count). The summed E-state index contributed by atoms with van der Waals surface area (Å²) in [6.07, 6.45) is 0. The molecule has 2 aromatic rings. The van der Waals surface area contributed by atoms with Crippen molar-refractivity contribution in [3.63, 3.8) is 0 Å². The minimum absolute atomic E-state index is 0.0117. The van der Waals surface area contributed by atoms with Crippen LogP contribution in [0.2, 0.25) is 0 Å². The van der Waals surface area contributed by atoms with Crippen LogP contribution in [-0.2, 0) is 9.53 Å². The number of carbonyl (C=O) groups is 1. The van der Waals surface area contributed by atoms with Crippen molar-refractivity contribution in [1.82, 2.24) is 14.9 Å². The molecule has 0 spiro atoms. The van der Waals surface area contributed by atoms with Gasteiger partial charge in [-0.15, -0.1) is 0 Å². The largest absolute Gasteiger partial charge is 0.378 e. The summed E-state index contributed by atoms with van der Waals surface area (Å²) in [6.45, 7) is 2.37. The number of morpholine rings is 1. The Bertz CT molecular complexity index is 710. The summed E-state index contributed by atoms with van der Waals surface area (Å²) in [4.78, 5) is 32.8. The average Bonchev–Trinajstić information content (AvgIpc) is 2.53. The van der Waals surface area contributed by atoms with Crippen molar-refractivity contribution < 1.29 is 9.53 Å². The summed E-state index contributed by atoms with van der Waals surface area (Å²) in [5.74, 6) is 0.228. The first kappa shape index (κ1) is 14.1. The van der Waals surface area contributed by atoms with Gasteiger partial charge in [-0.25, -0.2) is 4.98 Å².